The third-order valence-corrected chi connectivity index (χ3v) is 3.97. The van der Waals surface area contributed by atoms with Crippen molar-refractivity contribution in [3.05, 3.63) is 54.6 Å². The third kappa shape index (κ3) is 6.66. The molecule has 0 radical (unpaired) electrons. The number of nitrogens with one attached hydrogen (secondary N) is 2. The highest BCUT2D eigenvalue weighted by Gasteiger charge is 2.20. The summed E-state index contributed by atoms with van der Waals surface area (Å²) in [7, 11) is 0. The van der Waals surface area contributed by atoms with Crippen molar-refractivity contribution in [3.8, 4) is 16.9 Å². The first-order chi connectivity index (χ1) is 13.0. The van der Waals surface area contributed by atoms with E-state index in [1.807, 2.05) is 68.4 Å². The number of benzene rings is 2. The molecular weight excluding hydrogens is 342 g/mol. The van der Waals surface area contributed by atoms with Gasteiger partial charge in [0.2, 0.25) is 5.91 Å². The Morgan fingerprint density at radius 2 is 1.70 bits per heavy atom. The average molecular weight is 369 g/mol. The van der Waals surface area contributed by atoms with Crippen LogP contribution in [-0.2, 0) is 4.79 Å². The lowest BCUT2D eigenvalue weighted by Gasteiger charge is -2.19. The summed E-state index contributed by atoms with van der Waals surface area (Å²) in [5, 5.41) is 5.27. The highest BCUT2D eigenvalue weighted by atomic mass is 16.5. The van der Waals surface area contributed by atoms with Crippen molar-refractivity contribution >= 4 is 11.9 Å². The molecule has 0 aliphatic rings. The summed E-state index contributed by atoms with van der Waals surface area (Å²) in [4.78, 5) is 23.4. The van der Waals surface area contributed by atoms with Gasteiger partial charge in [0.05, 0.1) is 6.54 Å². The Labute approximate surface area is 160 Å². The molecular formula is C21H27N3O3. The van der Waals surface area contributed by atoms with Crippen molar-refractivity contribution in [1.82, 2.24) is 10.6 Å². The standard InChI is InChI=1S/C21H27N3O3/c1-15(2)14-18(24-21(22)26)20(25)23-12-13-27-19-11-7-6-10-17(19)16-8-4-3-5-9-16/h3-11,15,18H,12-14H2,1-2H3,(H,23,25)(H3,22,24,26). The van der Waals surface area contributed by atoms with E-state index >= 15 is 0 Å². The molecule has 0 spiro atoms. The quantitative estimate of drug-likeness (QED) is 0.593. The average Bonchev–Trinajstić information content (AvgIpc) is 2.65. The second kappa shape index (κ2) is 10.2. The fourth-order valence-electron chi connectivity index (χ4n) is 2.78. The fraction of sp³-hybridized carbons (Fsp3) is 0.333. The predicted molar refractivity (Wildman–Crippen MR) is 106 cm³/mol. The van der Waals surface area contributed by atoms with E-state index in [0.717, 1.165) is 16.9 Å². The van der Waals surface area contributed by atoms with Crippen LogP contribution < -0.4 is 21.1 Å². The second-order valence-electron chi connectivity index (χ2n) is 6.69. The molecule has 3 amide bonds. The lowest BCUT2D eigenvalue weighted by atomic mass is 10.0. The Hall–Kier alpha value is -3.02. The zero-order valence-corrected chi connectivity index (χ0v) is 15.8. The first-order valence-electron chi connectivity index (χ1n) is 9.08. The summed E-state index contributed by atoms with van der Waals surface area (Å²) in [5.41, 5.74) is 7.22. The van der Waals surface area contributed by atoms with Crippen LogP contribution in [0.4, 0.5) is 4.79 Å². The van der Waals surface area contributed by atoms with Crippen molar-refractivity contribution in [2.45, 2.75) is 26.3 Å². The van der Waals surface area contributed by atoms with Crippen molar-refractivity contribution in [2.24, 2.45) is 11.7 Å². The SMILES string of the molecule is CC(C)CC(NC(N)=O)C(=O)NCCOc1ccccc1-c1ccccc1. The van der Waals surface area contributed by atoms with Gasteiger partial charge in [-0.3, -0.25) is 4.79 Å². The first-order valence-corrected chi connectivity index (χ1v) is 9.08. The highest BCUT2D eigenvalue weighted by molar-refractivity contribution is 5.86. The second-order valence-corrected chi connectivity index (χ2v) is 6.69. The molecule has 0 aliphatic carbocycles. The van der Waals surface area contributed by atoms with E-state index in [2.05, 4.69) is 10.6 Å². The van der Waals surface area contributed by atoms with E-state index in [1.165, 1.54) is 0 Å². The van der Waals surface area contributed by atoms with Gasteiger partial charge in [-0.05, 0) is 24.0 Å². The Morgan fingerprint density at radius 1 is 1.04 bits per heavy atom. The Balaban J connectivity index is 1.89. The van der Waals surface area contributed by atoms with Crippen molar-refractivity contribution < 1.29 is 14.3 Å². The van der Waals surface area contributed by atoms with Gasteiger partial charge in [0.25, 0.3) is 0 Å². The molecule has 6 nitrogen and oxygen atoms in total. The Bertz CT molecular complexity index is 747. The molecule has 2 aromatic carbocycles. The third-order valence-electron chi connectivity index (χ3n) is 3.97. The molecule has 1 unspecified atom stereocenters. The molecule has 6 heteroatoms. The maximum atomic E-state index is 12.3. The van der Waals surface area contributed by atoms with E-state index < -0.39 is 12.1 Å². The van der Waals surface area contributed by atoms with Gasteiger partial charge in [0.1, 0.15) is 18.4 Å². The van der Waals surface area contributed by atoms with Gasteiger partial charge < -0.3 is 21.1 Å². The maximum Gasteiger partial charge on any atom is 0.312 e. The van der Waals surface area contributed by atoms with Crippen LogP contribution >= 0.6 is 0 Å². The first kappa shape index (κ1) is 20.3. The number of para-hydroxylation sites is 1. The molecule has 0 heterocycles. The van der Waals surface area contributed by atoms with E-state index in [0.29, 0.717) is 19.6 Å². The molecule has 2 rings (SSSR count). The molecule has 4 N–H and O–H groups in total. The number of carbonyl (C=O) groups is 2. The minimum Gasteiger partial charge on any atom is -0.491 e. The lowest BCUT2D eigenvalue weighted by Crippen LogP contribution is -2.49. The number of hydrogen-bond donors (Lipinski definition) is 3. The van der Waals surface area contributed by atoms with Gasteiger partial charge in [-0.15, -0.1) is 0 Å². The monoisotopic (exact) mass is 369 g/mol. The number of primary amides is 1. The molecule has 0 bridgehead atoms. The van der Waals surface area contributed by atoms with Crippen LogP contribution in [-0.4, -0.2) is 31.1 Å². The number of hydrogen-bond acceptors (Lipinski definition) is 3. The fourth-order valence-corrected chi connectivity index (χ4v) is 2.78. The largest absolute Gasteiger partial charge is 0.491 e. The normalized spacial score (nSPS) is 11.7. The summed E-state index contributed by atoms with van der Waals surface area (Å²) in [6.07, 6.45) is 0.520. The van der Waals surface area contributed by atoms with E-state index in [1.54, 1.807) is 0 Å². The summed E-state index contributed by atoms with van der Waals surface area (Å²) < 4.78 is 5.86. The minimum absolute atomic E-state index is 0.251. The highest BCUT2D eigenvalue weighted by Crippen LogP contribution is 2.29. The summed E-state index contributed by atoms with van der Waals surface area (Å²) in [6, 6.07) is 16.4. The maximum absolute atomic E-state index is 12.3. The molecule has 144 valence electrons. The van der Waals surface area contributed by atoms with E-state index in [-0.39, 0.29) is 11.8 Å². The molecule has 2 aromatic rings. The number of rotatable bonds is 9. The van der Waals surface area contributed by atoms with Crippen LogP contribution in [0.2, 0.25) is 0 Å². The number of nitrogens with two attached hydrogens (primary N) is 1. The zero-order valence-electron chi connectivity index (χ0n) is 15.8. The van der Waals surface area contributed by atoms with E-state index in [9.17, 15) is 9.59 Å². The molecule has 0 saturated heterocycles. The van der Waals surface area contributed by atoms with Gasteiger partial charge in [-0.2, -0.15) is 0 Å². The van der Waals surface area contributed by atoms with Crippen LogP contribution in [0, 0.1) is 5.92 Å². The van der Waals surface area contributed by atoms with Crippen LogP contribution in [0.1, 0.15) is 20.3 Å². The van der Waals surface area contributed by atoms with Gasteiger partial charge in [-0.1, -0.05) is 62.4 Å². The van der Waals surface area contributed by atoms with E-state index in [4.69, 9.17) is 10.5 Å². The van der Waals surface area contributed by atoms with Crippen molar-refractivity contribution in [2.75, 3.05) is 13.2 Å². The summed E-state index contributed by atoms with van der Waals surface area (Å²) in [6.45, 7) is 4.61. The number of carbonyl (C=O) groups excluding carboxylic acids is 2. The molecule has 0 aliphatic heterocycles. The van der Waals surface area contributed by atoms with Crippen LogP contribution in [0.3, 0.4) is 0 Å². The van der Waals surface area contributed by atoms with Crippen molar-refractivity contribution in [1.29, 1.82) is 0 Å². The van der Waals surface area contributed by atoms with Crippen LogP contribution in [0.5, 0.6) is 5.75 Å². The molecule has 1 atom stereocenters. The van der Waals surface area contributed by atoms with Crippen LogP contribution in [0.15, 0.2) is 54.6 Å². The zero-order chi connectivity index (χ0) is 19.6. The molecule has 0 fully saturated rings. The van der Waals surface area contributed by atoms with Crippen LogP contribution in [0.25, 0.3) is 11.1 Å². The smallest absolute Gasteiger partial charge is 0.312 e. The molecule has 0 saturated carbocycles. The number of ether oxygens (including phenoxy) is 1. The van der Waals surface area contributed by atoms with Gasteiger partial charge in [0.15, 0.2) is 0 Å². The van der Waals surface area contributed by atoms with Gasteiger partial charge in [0, 0.05) is 5.56 Å². The van der Waals surface area contributed by atoms with Gasteiger partial charge in [-0.25, -0.2) is 4.79 Å². The number of urea groups is 1. The minimum atomic E-state index is -0.705. The Kier molecular flexibility index (Phi) is 7.67. The topological polar surface area (TPSA) is 93.5 Å². The molecule has 0 aromatic heterocycles. The lowest BCUT2D eigenvalue weighted by molar-refractivity contribution is -0.123. The van der Waals surface area contributed by atoms with Crippen molar-refractivity contribution in [3.63, 3.8) is 0 Å². The number of amides is 3. The Morgan fingerprint density at radius 3 is 2.37 bits per heavy atom. The molecule has 27 heavy (non-hydrogen) atoms. The predicted octanol–water partition coefficient (Wildman–Crippen LogP) is 2.93. The summed E-state index contributed by atoms with van der Waals surface area (Å²) >= 11 is 0. The van der Waals surface area contributed by atoms with Gasteiger partial charge >= 0.3 is 6.03 Å². The summed E-state index contributed by atoms with van der Waals surface area (Å²) in [5.74, 6) is 0.746.